The molecule has 2 N–H and O–H groups in total. The fourth-order valence-electron chi connectivity index (χ4n) is 1.55. The molecule has 16 heavy (non-hydrogen) atoms. The molecule has 2 aromatic heterocycles. The molecule has 0 saturated heterocycles. The fraction of sp³-hybridized carbons (Fsp3) is 0.250. The Bertz CT molecular complexity index is 461. The quantitative estimate of drug-likeness (QED) is 0.856. The van der Waals surface area contributed by atoms with E-state index in [1.807, 2.05) is 26.1 Å². The standard InChI is InChI=1S/C12H15N3O/c1-9-10(5-6-16-9)8-15(2)11-3-4-12(13)14-7-11/h3-7H,8H2,1-2H3,(H2,13,14). The average Bonchev–Trinajstić information content (AvgIpc) is 2.65. The van der Waals surface area contributed by atoms with Crippen LogP contribution in [-0.2, 0) is 6.54 Å². The molecule has 2 rings (SSSR count). The summed E-state index contributed by atoms with van der Waals surface area (Å²) in [7, 11) is 2.01. The fourth-order valence-corrected chi connectivity index (χ4v) is 1.55. The first-order chi connectivity index (χ1) is 7.66. The second-order valence-electron chi connectivity index (χ2n) is 3.80. The predicted molar refractivity (Wildman–Crippen MR) is 64.2 cm³/mol. The van der Waals surface area contributed by atoms with Crippen molar-refractivity contribution in [2.75, 3.05) is 17.7 Å². The zero-order valence-electron chi connectivity index (χ0n) is 9.47. The third kappa shape index (κ3) is 2.16. The molecule has 2 aromatic rings. The van der Waals surface area contributed by atoms with Crippen LogP contribution in [0.25, 0.3) is 0 Å². The number of nitrogens with zero attached hydrogens (tertiary/aromatic N) is 2. The Labute approximate surface area is 94.7 Å². The maximum absolute atomic E-state index is 5.54. The van der Waals surface area contributed by atoms with E-state index >= 15 is 0 Å². The van der Waals surface area contributed by atoms with Crippen LogP contribution in [0.5, 0.6) is 0 Å². The van der Waals surface area contributed by atoms with Crippen molar-refractivity contribution in [2.24, 2.45) is 0 Å². The highest BCUT2D eigenvalue weighted by Gasteiger charge is 2.06. The summed E-state index contributed by atoms with van der Waals surface area (Å²) in [6, 6.07) is 5.74. The highest BCUT2D eigenvalue weighted by atomic mass is 16.3. The summed E-state index contributed by atoms with van der Waals surface area (Å²) in [4.78, 5) is 6.17. The molecule has 0 aliphatic heterocycles. The first kappa shape index (κ1) is 10.5. The van der Waals surface area contributed by atoms with Crippen molar-refractivity contribution in [3.05, 3.63) is 42.0 Å². The van der Waals surface area contributed by atoms with Crippen LogP contribution in [0.4, 0.5) is 11.5 Å². The Morgan fingerprint density at radius 1 is 1.38 bits per heavy atom. The summed E-state index contributed by atoms with van der Waals surface area (Å²) in [5, 5.41) is 0. The van der Waals surface area contributed by atoms with Gasteiger partial charge in [-0.25, -0.2) is 4.98 Å². The SMILES string of the molecule is Cc1occc1CN(C)c1ccc(N)nc1. The average molecular weight is 217 g/mol. The minimum absolute atomic E-state index is 0.539. The number of aryl methyl sites for hydroxylation is 1. The maximum atomic E-state index is 5.54. The van der Waals surface area contributed by atoms with Crippen LogP contribution in [0.15, 0.2) is 35.1 Å². The van der Waals surface area contributed by atoms with Crippen molar-refractivity contribution in [3.63, 3.8) is 0 Å². The second-order valence-corrected chi connectivity index (χ2v) is 3.80. The van der Waals surface area contributed by atoms with E-state index in [1.54, 1.807) is 18.5 Å². The van der Waals surface area contributed by atoms with Crippen LogP contribution >= 0.6 is 0 Å². The first-order valence-electron chi connectivity index (χ1n) is 5.12. The normalized spacial score (nSPS) is 10.4. The van der Waals surface area contributed by atoms with E-state index < -0.39 is 0 Å². The lowest BCUT2D eigenvalue weighted by Gasteiger charge is -2.18. The molecule has 0 aliphatic rings. The molecule has 0 spiro atoms. The summed E-state index contributed by atoms with van der Waals surface area (Å²) in [5.41, 5.74) is 7.76. The topological polar surface area (TPSA) is 55.3 Å². The van der Waals surface area contributed by atoms with Crippen molar-refractivity contribution >= 4 is 11.5 Å². The smallest absolute Gasteiger partial charge is 0.123 e. The highest BCUT2D eigenvalue weighted by molar-refractivity contribution is 5.47. The molecule has 0 saturated carbocycles. The zero-order chi connectivity index (χ0) is 11.5. The van der Waals surface area contributed by atoms with Gasteiger partial charge in [-0.2, -0.15) is 0 Å². The molecular formula is C12H15N3O. The number of hydrogen-bond donors (Lipinski definition) is 1. The minimum Gasteiger partial charge on any atom is -0.469 e. The van der Waals surface area contributed by atoms with Crippen LogP contribution in [-0.4, -0.2) is 12.0 Å². The van der Waals surface area contributed by atoms with Crippen molar-refractivity contribution < 1.29 is 4.42 Å². The summed E-state index contributed by atoms with van der Waals surface area (Å²) >= 11 is 0. The summed E-state index contributed by atoms with van der Waals surface area (Å²) in [5.74, 6) is 1.49. The van der Waals surface area contributed by atoms with Gasteiger partial charge in [0, 0.05) is 19.2 Å². The second kappa shape index (κ2) is 4.26. The molecular weight excluding hydrogens is 202 g/mol. The lowest BCUT2D eigenvalue weighted by Crippen LogP contribution is -2.16. The largest absolute Gasteiger partial charge is 0.469 e. The summed E-state index contributed by atoms with van der Waals surface area (Å²) in [6.45, 7) is 2.76. The molecule has 4 heteroatoms. The van der Waals surface area contributed by atoms with E-state index in [1.165, 1.54) is 5.56 Å². The number of rotatable bonds is 3. The molecule has 84 valence electrons. The Morgan fingerprint density at radius 2 is 2.19 bits per heavy atom. The number of nitrogens with two attached hydrogens (primary N) is 1. The van der Waals surface area contributed by atoms with Crippen LogP contribution in [0, 0.1) is 6.92 Å². The van der Waals surface area contributed by atoms with Gasteiger partial charge in [-0.05, 0) is 25.1 Å². The lowest BCUT2D eigenvalue weighted by molar-refractivity contribution is 0.529. The Kier molecular flexibility index (Phi) is 2.81. The highest BCUT2D eigenvalue weighted by Crippen LogP contribution is 2.17. The Hall–Kier alpha value is -1.97. The van der Waals surface area contributed by atoms with Crippen LogP contribution < -0.4 is 10.6 Å². The van der Waals surface area contributed by atoms with Crippen molar-refractivity contribution in [1.29, 1.82) is 0 Å². The molecule has 0 atom stereocenters. The third-order valence-corrected chi connectivity index (χ3v) is 2.59. The monoisotopic (exact) mass is 217 g/mol. The summed E-state index contributed by atoms with van der Waals surface area (Å²) in [6.07, 6.45) is 3.48. The van der Waals surface area contributed by atoms with Gasteiger partial charge in [0.05, 0.1) is 18.1 Å². The van der Waals surface area contributed by atoms with E-state index in [2.05, 4.69) is 9.88 Å². The van der Waals surface area contributed by atoms with Gasteiger partial charge in [0.15, 0.2) is 0 Å². The number of hydrogen-bond acceptors (Lipinski definition) is 4. The summed E-state index contributed by atoms with van der Waals surface area (Å²) < 4.78 is 5.26. The van der Waals surface area contributed by atoms with Crippen LogP contribution in [0.2, 0.25) is 0 Å². The van der Waals surface area contributed by atoms with Gasteiger partial charge in [-0.1, -0.05) is 0 Å². The first-order valence-corrected chi connectivity index (χ1v) is 5.12. The van der Waals surface area contributed by atoms with Gasteiger partial charge in [0.1, 0.15) is 11.6 Å². The Balaban J connectivity index is 2.11. The van der Waals surface area contributed by atoms with Crippen molar-refractivity contribution in [1.82, 2.24) is 4.98 Å². The van der Waals surface area contributed by atoms with Gasteiger partial charge in [0.25, 0.3) is 0 Å². The Morgan fingerprint density at radius 3 is 2.75 bits per heavy atom. The molecule has 0 fully saturated rings. The minimum atomic E-state index is 0.539. The molecule has 0 aromatic carbocycles. The molecule has 0 bridgehead atoms. The number of aromatic nitrogens is 1. The third-order valence-electron chi connectivity index (χ3n) is 2.59. The van der Waals surface area contributed by atoms with Gasteiger partial charge in [-0.15, -0.1) is 0 Å². The predicted octanol–water partition coefficient (Wildman–Crippen LogP) is 2.20. The van der Waals surface area contributed by atoms with E-state index in [0.717, 1.165) is 18.0 Å². The van der Waals surface area contributed by atoms with Crippen LogP contribution in [0.1, 0.15) is 11.3 Å². The van der Waals surface area contributed by atoms with Crippen molar-refractivity contribution in [3.8, 4) is 0 Å². The van der Waals surface area contributed by atoms with Gasteiger partial charge in [-0.3, -0.25) is 0 Å². The van der Waals surface area contributed by atoms with E-state index in [-0.39, 0.29) is 0 Å². The zero-order valence-corrected chi connectivity index (χ0v) is 9.47. The number of pyridine rings is 1. The molecule has 0 aliphatic carbocycles. The van der Waals surface area contributed by atoms with Gasteiger partial charge >= 0.3 is 0 Å². The van der Waals surface area contributed by atoms with E-state index in [0.29, 0.717) is 5.82 Å². The molecule has 0 unspecified atom stereocenters. The molecule has 0 amide bonds. The lowest BCUT2D eigenvalue weighted by atomic mass is 10.2. The van der Waals surface area contributed by atoms with Gasteiger partial charge < -0.3 is 15.1 Å². The number of nitrogen functional groups attached to an aromatic ring is 1. The molecule has 2 heterocycles. The number of anilines is 2. The van der Waals surface area contributed by atoms with Crippen LogP contribution in [0.3, 0.4) is 0 Å². The molecule has 0 radical (unpaired) electrons. The maximum Gasteiger partial charge on any atom is 0.123 e. The number of furan rings is 1. The van der Waals surface area contributed by atoms with E-state index in [4.69, 9.17) is 10.2 Å². The van der Waals surface area contributed by atoms with E-state index in [9.17, 15) is 0 Å². The van der Waals surface area contributed by atoms with Gasteiger partial charge in [0.2, 0.25) is 0 Å². The molecule has 4 nitrogen and oxygen atoms in total. The van der Waals surface area contributed by atoms with Crippen molar-refractivity contribution in [2.45, 2.75) is 13.5 Å².